The van der Waals surface area contributed by atoms with E-state index < -0.39 is 18.4 Å². The SMILES string of the molecule is Nc1nc([Se])c2ncn([C@@H]3C[C@H](O)[C@@H](CO)O3)c2n1. The van der Waals surface area contributed by atoms with Crippen LogP contribution in [0.15, 0.2) is 6.33 Å². The molecule has 4 N–H and O–H groups in total. The molecule has 1 fully saturated rings. The van der Waals surface area contributed by atoms with Gasteiger partial charge in [0.15, 0.2) is 0 Å². The number of imidazole rings is 1. The van der Waals surface area contributed by atoms with Crippen LogP contribution < -0.4 is 10.3 Å². The molecule has 0 unspecified atom stereocenters. The molecule has 3 rings (SSSR count). The van der Waals surface area contributed by atoms with Crippen molar-refractivity contribution in [2.45, 2.75) is 24.9 Å². The van der Waals surface area contributed by atoms with Crippen molar-refractivity contribution in [2.24, 2.45) is 0 Å². The van der Waals surface area contributed by atoms with Crippen LogP contribution in [0.25, 0.3) is 11.2 Å². The van der Waals surface area contributed by atoms with Crippen molar-refractivity contribution >= 4 is 37.7 Å². The number of aromatic nitrogens is 4. The number of hydrogen-bond acceptors (Lipinski definition) is 7. The van der Waals surface area contributed by atoms with Crippen LogP contribution in [0, 0.1) is 0 Å². The molecule has 8 nitrogen and oxygen atoms in total. The third-order valence-corrected chi connectivity index (χ3v) is 3.70. The Hall–Kier alpha value is -1.25. The number of anilines is 1. The van der Waals surface area contributed by atoms with E-state index >= 15 is 0 Å². The number of ether oxygens (including phenoxy) is 1. The van der Waals surface area contributed by atoms with Gasteiger partial charge >= 0.3 is 116 Å². The molecule has 1 aliphatic heterocycles. The second kappa shape index (κ2) is 4.69. The molecule has 101 valence electrons. The van der Waals surface area contributed by atoms with E-state index in [4.69, 9.17) is 15.6 Å². The first-order chi connectivity index (χ1) is 9.10. The molecule has 19 heavy (non-hydrogen) atoms. The molecule has 0 aliphatic carbocycles. The van der Waals surface area contributed by atoms with Gasteiger partial charge in [-0.1, -0.05) is 0 Å². The van der Waals surface area contributed by atoms with Crippen LogP contribution in [-0.4, -0.2) is 64.6 Å². The monoisotopic (exact) mass is 330 g/mol. The molecular weight excluding hydrogens is 317 g/mol. The van der Waals surface area contributed by atoms with Crippen molar-refractivity contribution in [3.63, 3.8) is 0 Å². The molecule has 9 heteroatoms. The van der Waals surface area contributed by atoms with Crippen LogP contribution in [0.3, 0.4) is 0 Å². The van der Waals surface area contributed by atoms with Crippen molar-refractivity contribution < 1.29 is 14.9 Å². The normalized spacial score (nSPS) is 27.2. The maximum absolute atomic E-state index is 9.76. The Morgan fingerprint density at radius 1 is 1.53 bits per heavy atom. The summed E-state index contributed by atoms with van der Waals surface area (Å²) in [7, 11) is 0. The summed E-state index contributed by atoms with van der Waals surface area (Å²) >= 11 is 2.78. The zero-order valence-electron chi connectivity index (χ0n) is 9.80. The number of fused-ring (bicyclic) bond motifs is 1. The van der Waals surface area contributed by atoms with E-state index in [1.165, 1.54) is 0 Å². The van der Waals surface area contributed by atoms with Gasteiger partial charge in [-0.15, -0.1) is 0 Å². The van der Waals surface area contributed by atoms with Gasteiger partial charge < -0.3 is 0 Å². The molecular formula is C10H12N5O3Se. The summed E-state index contributed by atoms with van der Waals surface area (Å²) in [6.45, 7) is -0.228. The number of aliphatic hydroxyl groups excluding tert-OH is 2. The zero-order chi connectivity index (χ0) is 13.6. The zero-order valence-corrected chi connectivity index (χ0v) is 11.5. The number of rotatable bonds is 2. The Labute approximate surface area is 116 Å². The van der Waals surface area contributed by atoms with E-state index in [0.717, 1.165) is 0 Å². The summed E-state index contributed by atoms with van der Waals surface area (Å²) in [4.78, 5) is 12.3. The minimum atomic E-state index is -0.709. The van der Waals surface area contributed by atoms with Gasteiger partial charge in [0.25, 0.3) is 0 Å². The number of nitrogen functional groups attached to an aromatic ring is 1. The summed E-state index contributed by atoms with van der Waals surface area (Å²) in [6, 6.07) is 0. The van der Waals surface area contributed by atoms with Crippen molar-refractivity contribution in [1.82, 2.24) is 19.5 Å². The molecule has 1 radical (unpaired) electrons. The van der Waals surface area contributed by atoms with Crippen molar-refractivity contribution in [3.05, 3.63) is 6.33 Å². The molecule has 0 spiro atoms. The predicted octanol–water partition coefficient (Wildman–Crippen LogP) is -2.16. The van der Waals surface area contributed by atoms with Crippen molar-refractivity contribution in [1.29, 1.82) is 0 Å². The van der Waals surface area contributed by atoms with E-state index in [0.29, 0.717) is 22.2 Å². The van der Waals surface area contributed by atoms with E-state index in [1.807, 2.05) is 0 Å². The van der Waals surface area contributed by atoms with Gasteiger partial charge in [0.2, 0.25) is 0 Å². The van der Waals surface area contributed by atoms with Crippen LogP contribution in [-0.2, 0) is 4.74 Å². The Kier molecular flexibility index (Phi) is 3.15. The fourth-order valence-corrected chi connectivity index (χ4v) is 2.67. The Balaban J connectivity index is 2.02. The first-order valence-electron chi connectivity index (χ1n) is 5.71. The molecule has 2 aromatic heterocycles. The molecule has 0 bridgehead atoms. The van der Waals surface area contributed by atoms with Crippen LogP contribution in [0.4, 0.5) is 5.95 Å². The first-order valence-corrected chi connectivity index (χ1v) is 6.57. The van der Waals surface area contributed by atoms with Crippen LogP contribution in [0.1, 0.15) is 12.6 Å². The molecule has 0 saturated carbocycles. The average molecular weight is 329 g/mol. The van der Waals surface area contributed by atoms with Gasteiger partial charge in [-0.25, -0.2) is 0 Å². The van der Waals surface area contributed by atoms with Crippen LogP contribution in [0.5, 0.6) is 0 Å². The molecule has 2 aromatic rings. The van der Waals surface area contributed by atoms with E-state index in [1.54, 1.807) is 10.9 Å². The van der Waals surface area contributed by atoms with Gasteiger partial charge in [0, 0.05) is 0 Å². The van der Waals surface area contributed by atoms with Gasteiger partial charge in [-0.3, -0.25) is 0 Å². The number of hydrogen-bond donors (Lipinski definition) is 3. The first kappa shape index (κ1) is 12.8. The minimum absolute atomic E-state index is 0.139. The van der Waals surface area contributed by atoms with E-state index in [-0.39, 0.29) is 12.6 Å². The Morgan fingerprint density at radius 3 is 3.00 bits per heavy atom. The summed E-state index contributed by atoms with van der Waals surface area (Å²) in [6.07, 6.45) is 0.208. The quantitative estimate of drug-likeness (QED) is 0.537. The predicted molar refractivity (Wildman–Crippen MR) is 66.7 cm³/mol. The van der Waals surface area contributed by atoms with Gasteiger partial charge in [-0.05, 0) is 0 Å². The fraction of sp³-hybridized carbons (Fsp3) is 0.500. The third kappa shape index (κ3) is 2.09. The van der Waals surface area contributed by atoms with Crippen LogP contribution >= 0.6 is 0 Å². The second-order valence-electron chi connectivity index (χ2n) is 4.33. The maximum atomic E-state index is 9.76. The third-order valence-electron chi connectivity index (χ3n) is 3.10. The second-order valence-corrected chi connectivity index (χ2v) is 5.14. The number of nitrogens with zero attached hydrogens (tertiary/aromatic N) is 4. The molecule has 3 heterocycles. The van der Waals surface area contributed by atoms with E-state index in [2.05, 4.69) is 31.0 Å². The van der Waals surface area contributed by atoms with Crippen molar-refractivity contribution in [2.75, 3.05) is 12.3 Å². The summed E-state index contributed by atoms with van der Waals surface area (Å²) in [5.74, 6) is 0.139. The standard InChI is InChI=1S/C10H12N5O3Se/c11-10-13-8-7(9(19)14-10)12-3-15(8)6-1-4(17)5(2-16)18-6/h3-6,16-17H,1-2H2,(H2,11,13,14)/t4-,5+,6-/m0/s1. The Bertz CT molecular complexity index is 618. The molecule has 1 aliphatic rings. The van der Waals surface area contributed by atoms with Gasteiger partial charge in [0.05, 0.1) is 0 Å². The molecule has 0 amide bonds. The number of nitrogens with two attached hydrogens (primary N) is 1. The topological polar surface area (TPSA) is 119 Å². The Morgan fingerprint density at radius 2 is 2.32 bits per heavy atom. The molecule has 0 aromatic carbocycles. The van der Waals surface area contributed by atoms with Crippen molar-refractivity contribution in [3.8, 4) is 0 Å². The van der Waals surface area contributed by atoms with Gasteiger partial charge in [-0.2, -0.15) is 0 Å². The van der Waals surface area contributed by atoms with Gasteiger partial charge in [0.1, 0.15) is 0 Å². The molecule has 3 atom stereocenters. The fourth-order valence-electron chi connectivity index (χ4n) is 2.17. The summed E-state index contributed by atoms with van der Waals surface area (Å²) < 4.78 is 7.82. The molecule has 1 saturated heterocycles. The van der Waals surface area contributed by atoms with E-state index in [9.17, 15) is 5.11 Å². The summed E-state index contributed by atoms with van der Waals surface area (Å²) in [5.41, 5.74) is 6.75. The average Bonchev–Trinajstić information content (AvgIpc) is 2.92. The van der Waals surface area contributed by atoms with Crippen LogP contribution in [0.2, 0.25) is 0 Å². The number of aliphatic hydroxyl groups is 2. The summed E-state index contributed by atoms with van der Waals surface area (Å²) in [5, 5.41) is 18.8.